The van der Waals surface area contributed by atoms with E-state index >= 15 is 0 Å². The number of nitrogens with zero attached hydrogens (tertiary/aromatic N) is 6. The molecule has 3 heterocycles. The number of tetrazole rings is 1. The Morgan fingerprint density at radius 1 is 1.04 bits per heavy atom. The van der Waals surface area contributed by atoms with Crippen molar-refractivity contribution in [3.05, 3.63) is 89.0 Å². The van der Waals surface area contributed by atoms with E-state index in [1.807, 2.05) is 41.0 Å². The molecule has 0 aliphatic rings. The van der Waals surface area contributed by atoms with Gasteiger partial charge in [-0.3, -0.25) is 5.32 Å². The number of aromatic nitrogens is 8. The first kappa shape index (κ1) is 34.6. The van der Waals surface area contributed by atoms with E-state index in [1.165, 1.54) is 12.0 Å². The molecule has 0 fully saturated rings. The highest BCUT2D eigenvalue weighted by atomic mass is 35.5. The molecule has 4 N–H and O–H groups in total. The number of aliphatic hydroxyl groups is 1. The average molecular weight is 688 g/mol. The van der Waals surface area contributed by atoms with Crippen LogP contribution in [-0.4, -0.2) is 64.2 Å². The van der Waals surface area contributed by atoms with Gasteiger partial charge in [0.2, 0.25) is 5.95 Å². The zero-order valence-corrected chi connectivity index (χ0v) is 28.6. The number of benzene rings is 3. The number of carbonyl (C=O) groups is 1. The van der Waals surface area contributed by atoms with Crippen molar-refractivity contribution in [3.8, 4) is 22.5 Å². The number of nitrogens with one attached hydrogen (secondary N) is 3. The van der Waals surface area contributed by atoms with Gasteiger partial charge >= 0.3 is 6.09 Å². The maximum absolute atomic E-state index is 11.1. The molecule has 0 radical (unpaired) electrons. The number of hydrogen-bond acceptors (Lipinski definition) is 9. The highest BCUT2D eigenvalue weighted by Gasteiger charge is 2.16. The number of thioether (sulfide) groups is 1. The van der Waals surface area contributed by atoms with Gasteiger partial charge < -0.3 is 19.4 Å². The Morgan fingerprint density at radius 2 is 1.83 bits per heavy atom. The Morgan fingerprint density at radius 3 is 2.52 bits per heavy atom. The molecule has 3 aromatic heterocycles. The van der Waals surface area contributed by atoms with Crippen molar-refractivity contribution in [3.63, 3.8) is 0 Å². The fraction of sp³-hybridized carbons (Fsp3) is 0.294. The van der Waals surface area contributed by atoms with Crippen LogP contribution in [0.15, 0.2) is 71.6 Å². The van der Waals surface area contributed by atoms with Crippen molar-refractivity contribution < 1.29 is 14.6 Å². The van der Waals surface area contributed by atoms with Crippen LogP contribution in [0.4, 0.5) is 10.7 Å². The van der Waals surface area contributed by atoms with Crippen LogP contribution in [-0.2, 0) is 24.3 Å². The molecule has 0 aliphatic carbocycles. The molecule has 0 aliphatic heterocycles. The van der Waals surface area contributed by atoms with Crippen molar-refractivity contribution in [1.29, 1.82) is 0 Å². The Hall–Kier alpha value is -4.72. The molecule has 250 valence electrons. The second-order valence-electron chi connectivity index (χ2n) is 10.8. The second kappa shape index (κ2) is 16.9. The summed E-state index contributed by atoms with van der Waals surface area (Å²) in [7, 11) is 1.32. The van der Waals surface area contributed by atoms with Crippen molar-refractivity contribution in [2.45, 2.75) is 57.6 Å². The van der Waals surface area contributed by atoms with Gasteiger partial charge in [-0.25, -0.2) is 19.9 Å². The summed E-state index contributed by atoms with van der Waals surface area (Å²) in [6.45, 7) is 4.78. The van der Waals surface area contributed by atoms with Gasteiger partial charge in [-0.2, -0.15) is 0 Å². The lowest BCUT2D eigenvalue weighted by Gasteiger charge is -2.12. The molecular weight excluding hydrogens is 650 g/mol. The van der Waals surface area contributed by atoms with Crippen LogP contribution < -0.4 is 5.32 Å². The molecule has 14 heteroatoms. The van der Waals surface area contributed by atoms with Crippen molar-refractivity contribution in [2.75, 3.05) is 18.2 Å². The molecule has 1 amide bonds. The fourth-order valence-corrected chi connectivity index (χ4v) is 6.12. The second-order valence-corrected chi connectivity index (χ2v) is 12.4. The minimum absolute atomic E-state index is 0.130. The van der Waals surface area contributed by atoms with E-state index in [0.717, 1.165) is 70.5 Å². The molecule has 3 aromatic carbocycles. The summed E-state index contributed by atoms with van der Waals surface area (Å²) in [5, 5.41) is 26.9. The van der Waals surface area contributed by atoms with Crippen molar-refractivity contribution in [2.24, 2.45) is 0 Å². The Balaban J connectivity index is 0.000000214. The Kier molecular flexibility index (Phi) is 12.2. The normalized spacial score (nSPS) is 10.9. The summed E-state index contributed by atoms with van der Waals surface area (Å²) in [5.74, 6) is 3.03. The van der Waals surface area contributed by atoms with E-state index in [1.54, 1.807) is 11.8 Å². The molecule has 6 aromatic rings. The van der Waals surface area contributed by atoms with E-state index in [-0.39, 0.29) is 6.61 Å². The minimum Gasteiger partial charge on any atom is -0.453 e. The third kappa shape index (κ3) is 8.59. The summed E-state index contributed by atoms with van der Waals surface area (Å²) >= 11 is 8.05. The lowest BCUT2D eigenvalue weighted by molar-refractivity contribution is 0.186. The van der Waals surface area contributed by atoms with Gasteiger partial charge in [0.25, 0.3) is 0 Å². The van der Waals surface area contributed by atoms with Gasteiger partial charge in [0.1, 0.15) is 5.82 Å². The number of carbonyl (C=O) groups excluding carboxylic acids is 1. The third-order valence-corrected chi connectivity index (χ3v) is 8.98. The zero-order valence-electron chi connectivity index (χ0n) is 27.0. The molecule has 6 rings (SSSR count). The number of halogens is 1. The topological polar surface area (TPSA) is 160 Å². The number of H-pyrrole nitrogens is 2. The first-order valence-corrected chi connectivity index (χ1v) is 17.0. The maximum Gasteiger partial charge on any atom is 0.413 e. The number of aliphatic hydroxyl groups excluding tert-OH is 1. The molecular formula is C34H38ClN9O3S. The largest absolute Gasteiger partial charge is 0.453 e. The smallest absolute Gasteiger partial charge is 0.413 e. The van der Waals surface area contributed by atoms with E-state index in [2.05, 4.69) is 89.8 Å². The lowest BCUT2D eigenvalue weighted by atomic mass is 9.98. The van der Waals surface area contributed by atoms with Gasteiger partial charge in [0, 0.05) is 23.4 Å². The van der Waals surface area contributed by atoms with Crippen LogP contribution in [0.25, 0.3) is 33.5 Å². The van der Waals surface area contributed by atoms with Gasteiger partial charge in [-0.05, 0) is 63.9 Å². The molecule has 0 bridgehead atoms. The van der Waals surface area contributed by atoms with E-state index in [9.17, 15) is 9.90 Å². The van der Waals surface area contributed by atoms with Gasteiger partial charge in [0.15, 0.2) is 11.0 Å². The number of unbranched alkanes of at least 4 members (excludes halogenated alkanes) is 1. The zero-order chi connectivity index (χ0) is 33.9. The maximum atomic E-state index is 11.1. The molecule has 0 spiro atoms. The summed E-state index contributed by atoms with van der Waals surface area (Å²) in [5.41, 5.74) is 6.57. The minimum atomic E-state index is -0.533. The summed E-state index contributed by atoms with van der Waals surface area (Å²) in [6, 6.07) is 22.4. The lowest BCUT2D eigenvalue weighted by Crippen LogP contribution is -2.11. The first-order valence-electron chi connectivity index (χ1n) is 15.7. The van der Waals surface area contributed by atoms with Gasteiger partial charge in [0.05, 0.1) is 30.4 Å². The number of methoxy groups -OCH3 is 1. The average Bonchev–Trinajstić information content (AvgIpc) is 3.86. The number of ether oxygens (including phenoxy) is 1. The summed E-state index contributed by atoms with van der Waals surface area (Å²) in [6.07, 6.45) is 3.55. The van der Waals surface area contributed by atoms with E-state index in [0.29, 0.717) is 29.2 Å². The molecule has 12 nitrogen and oxygen atoms in total. The van der Waals surface area contributed by atoms with Crippen molar-refractivity contribution >= 4 is 46.4 Å². The highest BCUT2D eigenvalue weighted by molar-refractivity contribution is 7.99. The quantitative estimate of drug-likeness (QED) is 0.0955. The monoisotopic (exact) mass is 687 g/mol. The van der Waals surface area contributed by atoms with E-state index < -0.39 is 6.09 Å². The number of aromatic amines is 2. The molecule has 0 atom stereocenters. The van der Waals surface area contributed by atoms with Crippen LogP contribution >= 0.6 is 23.4 Å². The predicted octanol–water partition coefficient (Wildman–Crippen LogP) is 7.51. The molecule has 0 saturated carbocycles. The number of amides is 1. The van der Waals surface area contributed by atoms with Crippen LogP contribution in [0.1, 0.15) is 50.2 Å². The van der Waals surface area contributed by atoms with Crippen LogP contribution in [0.3, 0.4) is 0 Å². The van der Waals surface area contributed by atoms with E-state index in [4.69, 9.17) is 11.6 Å². The van der Waals surface area contributed by atoms with Gasteiger partial charge in [-0.1, -0.05) is 80.4 Å². The number of fused-ring (bicyclic) bond motifs is 1. The molecule has 0 saturated heterocycles. The fourth-order valence-electron chi connectivity index (χ4n) is 5.06. The number of anilines is 1. The van der Waals surface area contributed by atoms with Crippen LogP contribution in [0, 0.1) is 0 Å². The van der Waals surface area contributed by atoms with Gasteiger partial charge in [-0.15, -0.1) is 16.9 Å². The summed E-state index contributed by atoms with van der Waals surface area (Å²) < 4.78 is 6.54. The number of hydrogen-bond donors (Lipinski definition) is 4. The van der Waals surface area contributed by atoms with Crippen molar-refractivity contribution in [1.82, 2.24) is 40.1 Å². The third-order valence-electron chi connectivity index (χ3n) is 7.47. The van der Waals surface area contributed by atoms with Crippen LogP contribution in [0.5, 0.6) is 0 Å². The Labute approximate surface area is 287 Å². The Bertz CT molecular complexity index is 1920. The standard InChI is InChI=1S/C22H23ClN6O.C12H15N3O2S/c1-2-3-8-20-24-21(23)19(14-30)29(20)13-15-9-11-16(12-10-15)17-6-4-5-7-18(17)22-25-27-28-26-22;1-3-6-18-8-4-5-9-10(7-8)14-11(13-9)15-12(16)17-2/h4-7,9-12,30H,2-3,8,13-14H2,1H3,(H,25,26,27,28);4-5,7H,3,6H2,1-2H3,(H2,13,14,15,16). The summed E-state index contributed by atoms with van der Waals surface area (Å²) in [4.78, 5) is 24.0. The molecule has 48 heavy (non-hydrogen) atoms. The predicted molar refractivity (Wildman–Crippen MR) is 189 cm³/mol. The molecule has 0 unspecified atom stereocenters. The number of imidazole rings is 2. The highest BCUT2D eigenvalue weighted by Crippen LogP contribution is 2.30. The van der Waals surface area contributed by atoms with Crippen LogP contribution in [0.2, 0.25) is 5.15 Å². The first-order chi connectivity index (χ1) is 23.4. The number of rotatable bonds is 12. The SMILES string of the molecule is CCCCc1nc(Cl)c(CO)n1Cc1ccc(-c2ccccc2-c2nnn[nH]2)cc1.CCCSc1ccc2[nH]c(NC(=O)OC)nc2c1. The number of aryl methyl sites for hydroxylation is 1.